The minimum Gasteiger partial charge on any atom is -0.496 e. The molecule has 1 N–H and O–H groups in total. The second-order valence-electron chi connectivity index (χ2n) is 5.69. The number of fused-ring (bicyclic) bond motifs is 1. The number of halogens is 1. The van der Waals surface area contributed by atoms with Crippen molar-refractivity contribution in [2.75, 3.05) is 19.5 Å². The van der Waals surface area contributed by atoms with E-state index in [4.69, 9.17) is 4.74 Å². The molecule has 1 heterocycles. The summed E-state index contributed by atoms with van der Waals surface area (Å²) in [6.45, 7) is 1.84. The molecule has 0 fully saturated rings. The van der Waals surface area contributed by atoms with E-state index in [1.54, 1.807) is 12.1 Å². The van der Waals surface area contributed by atoms with Crippen LogP contribution in [0, 0.1) is 6.92 Å². The predicted molar refractivity (Wildman–Crippen MR) is 96.3 cm³/mol. The zero-order valence-corrected chi connectivity index (χ0v) is 15.4. The van der Waals surface area contributed by atoms with Crippen LogP contribution in [0.15, 0.2) is 34.8 Å². The zero-order chi connectivity index (χ0) is 18.3. The summed E-state index contributed by atoms with van der Waals surface area (Å²) in [6, 6.07) is 8.16. The number of ether oxygens (including phenoxy) is 1. The number of carbonyl (C=O) groups is 3. The molecule has 3 amide bonds. The van der Waals surface area contributed by atoms with Crippen molar-refractivity contribution in [1.29, 1.82) is 0 Å². The lowest BCUT2D eigenvalue weighted by Crippen LogP contribution is -2.24. The van der Waals surface area contributed by atoms with Crippen LogP contribution < -0.4 is 10.1 Å². The van der Waals surface area contributed by atoms with E-state index in [1.165, 1.54) is 26.3 Å². The maximum atomic E-state index is 12.6. The van der Waals surface area contributed by atoms with Crippen molar-refractivity contribution in [2.24, 2.45) is 0 Å². The van der Waals surface area contributed by atoms with Crippen LogP contribution in [0.1, 0.15) is 36.6 Å². The summed E-state index contributed by atoms with van der Waals surface area (Å²) in [5.74, 6) is -0.617. The summed E-state index contributed by atoms with van der Waals surface area (Å²) in [5, 5.41) is 2.75. The molecule has 6 nitrogen and oxygen atoms in total. The molecule has 25 heavy (non-hydrogen) atoms. The molecule has 2 aromatic carbocycles. The molecule has 1 aliphatic rings. The van der Waals surface area contributed by atoms with E-state index < -0.39 is 0 Å². The summed E-state index contributed by atoms with van der Waals surface area (Å²) in [4.78, 5) is 37.7. The van der Waals surface area contributed by atoms with Gasteiger partial charge in [0.2, 0.25) is 0 Å². The third kappa shape index (κ3) is 2.91. The number of benzene rings is 2. The maximum Gasteiger partial charge on any atom is 0.261 e. The molecule has 2 aromatic rings. The van der Waals surface area contributed by atoms with Gasteiger partial charge in [-0.25, -0.2) is 0 Å². The van der Waals surface area contributed by atoms with Crippen molar-refractivity contribution in [3.63, 3.8) is 0 Å². The Morgan fingerprint density at radius 2 is 1.80 bits per heavy atom. The predicted octanol–water partition coefficient (Wildman–Crippen LogP) is 3.24. The van der Waals surface area contributed by atoms with Crippen molar-refractivity contribution >= 4 is 39.3 Å². The molecule has 1 aliphatic heterocycles. The van der Waals surface area contributed by atoms with Gasteiger partial charge in [0.1, 0.15) is 5.75 Å². The van der Waals surface area contributed by atoms with Gasteiger partial charge in [-0.05, 0) is 42.8 Å². The van der Waals surface area contributed by atoms with Crippen molar-refractivity contribution in [3.05, 3.63) is 57.1 Å². The Bertz CT molecular complexity index is 924. The summed E-state index contributed by atoms with van der Waals surface area (Å²) < 4.78 is 6.08. The highest BCUT2D eigenvalue weighted by atomic mass is 79.9. The second kappa shape index (κ2) is 6.33. The number of hydrogen-bond donors (Lipinski definition) is 1. The van der Waals surface area contributed by atoms with Gasteiger partial charge in [0.15, 0.2) is 0 Å². The quantitative estimate of drug-likeness (QED) is 0.799. The minimum absolute atomic E-state index is 0.280. The molecule has 0 unspecified atom stereocenters. The Morgan fingerprint density at radius 3 is 2.48 bits per heavy atom. The average molecular weight is 403 g/mol. The molecule has 7 heteroatoms. The van der Waals surface area contributed by atoms with E-state index in [1.807, 2.05) is 13.0 Å². The highest BCUT2D eigenvalue weighted by Crippen LogP contribution is 2.29. The molecular formula is C18H15BrN2O4. The minimum atomic E-state index is -0.382. The Morgan fingerprint density at radius 1 is 1.12 bits per heavy atom. The molecule has 0 radical (unpaired) electrons. The molecule has 0 aromatic heterocycles. The van der Waals surface area contributed by atoms with E-state index >= 15 is 0 Å². The van der Waals surface area contributed by atoms with Crippen LogP contribution in [0.3, 0.4) is 0 Å². The standard InChI is InChI=1S/C18H15BrN2O4/c1-9-6-10(19)7-14(15(9)25-3)16(22)20-11-4-5-12-13(8-11)18(24)21(2)17(12)23/h4-8H,1-3H3,(H,20,22). The number of methoxy groups -OCH3 is 1. The Balaban J connectivity index is 1.94. The number of carbonyl (C=O) groups excluding carboxylic acids is 3. The van der Waals surface area contributed by atoms with Crippen molar-refractivity contribution in [3.8, 4) is 5.75 Å². The first-order valence-corrected chi connectivity index (χ1v) is 8.24. The molecule has 128 valence electrons. The smallest absolute Gasteiger partial charge is 0.261 e. The molecule has 0 saturated carbocycles. The molecular weight excluding hydrogens is 388 g/mol. The molecule has 0 aliphatic carbocycles. The van der Waals surface area contributed by atoms with Gasteiger partial charge in [-0.1, -0.05) is 15.9 Å². The fourth-order valence-electron chi connectivity index (χ4n) is 2.81. The van der Waals surface area contributed by atoms with Gasteiger partial charge in [-0.15, -0.1) is 0 Å². The number of nitrogens with zero attached hydrogens (tertiary/aromatic N) is 1. The SMILES string of the molecule is COc1c(C)cc(Br)cc1C(=O)Nc1ccc2c(c1)C(=O)N(C)C2=O. The molecule has 3 rings (SSSR count). The topological polar surface area (TPSA) is 75.7 Å². The normalized spacial score (nSPS) is 13.0. The molecule has 0 saturated heterocycles. The number of aryl methyl sites for hydroxylation is 1. The highest BCUT2D eigenvalue weighted by molar-refractivity contribution is 9.10. The van der Waals surface area contributed by atoms with E-state index in [9.17, 15) is 14.4 Å². The molecule has 0 atom stereocenters. The number of anilines is 1. The summed E-state index contributed by atoms with van der Waals surface area (Å²) >= 11 is 3.37. The number of amides is 3. The molecule has 0 bridgehead atoms. The molecule has 0 spiro atoms. The maximum absolute atomic E-state index is 12.6. The van der Waals surface area contributed by atoms with Crippen LogP contribution in [0.2, 0.25) is 0 Å². The van der Waals surface area contributed by atoms with E-state index in [-0.39, 0.29) is 23.3 Å². The van der Waals surface area contributed by atoms with Crippen LogP contribution in [0.25, 0.3) is 0 Å². The Hall–Kier alpha value is -2.67. The first-order chi connectivity index (χ1) is 11.8. The van der Waals surface area contributed by atoms with E-state index in [0.717, 1.165) is 14.9 Å². The third-order valence-corrected chi connectivity index (χ3v) is 4.49. The van der Waals surface area contributed by atoms with Crippen LogP contribution >= 0.6 is 15.9 Å². The van der Waals surface area contributed by atoms with Crippen molar-refractivity contribution < 1.29 is 19.1 Å². The first kappa shape index (κ1) is 17.2. The Labute approximate surface area is 152 Å². The van der Waals surface area contributed by atoms with Crippen LogP contribution in [-0.4, -0.2) is 36.8 Å². The number of rotatable bonds is 3. The Kier molecular flexibility index (Phi) is 4.34. The lowest BCUT2D eigenvalue weighted by atomic mass is 10.1. The number of imide groups is 1. The van der Waals surface area contributed by atoms with Gasteiger partial charge in [0, 0.05) is 17.2 Å². The zero-order valence-electron chi connectivity index (χ0n) is 13.8. The van der Waals surface area contributed by atoms with Gasteiger partial charge in [-0.3, -0.25) is 19.3 Å². The van der Waals surface area contributed by atoms with Gasteiger partial charge in [-0.2, -0.15) is 0 Å². The first-order valence-electron chi connectivity index (χ1n) is 7.45. The second-order valence-corrected chi connectivity index (χ2v) is 6.60. The van der Waals surface area contributed by atoms with Crippen molar-refractivity contribution in [1.82, 2.24) is 4.90 Å². The summed E-state index contributed by atoms with van der Waals surface area (Å²) in [7, 11) is 2.93. The number of nitrogens with one attached hydrogen (secondary N) is 1. The van der Waals surface area contributed by atoms with Crippen LogP contribution in [0.5, 0.6) is 5.75 Å². The van der Waals surface area contributed by atoms with Gasteiger partial charge < -0.3 is 10.1 Å². The van der Waals surface area contributed by atoms with Crippen molar-refractivity contribution in [2.45, 2.75) is 6.92 Å². The van der Waals surface area contributed by atoms with E-state index in [2.05, 4.69) is 21.2 Å². The highest BCUT2D eigenvalue weighted by Gasteiger charge is 2.32. The average Bonchev–Trinajstić information content (AvgIpc) is 2.78. The largest absolute Gasteiger partial charge is 0.496 e. The van der Waals surface area contributed by atoms with Gasteiger partial charge >= 0.3 is 0 Å². The number of hydrogen-bond acceptors (Lipinski definition) is 4. The monoisotopic (exact) mass is 402 g/mol. The van der Waals surface area contributed by atoms with Gasteiger partial charge in [0.05, 0.1) is 23.8 Å². The van der Waals surface area contributed by atoms with Gasteiger partial charge in [0.25, 0.3) is 17.7 Å². The van der Waals surface area contributed by atoms with Crippen LogP contribution in [0.4, 0.5) is 5.69 Å². The van der Waals surface area contributed by atoms with Crippen LogP contribution in [-0.2, 0) is 0 Å². The lowest BCUT2D eigenvalue weighted by molar-refractivity contribution is 0.0692. The summed E-state index contributed by atoms with van der Waals surface area (Å²) in [6.07, 6.45) is 0. The third-order valence-electron chi connectivity index (χ3n) is 4.04. The fourth-order valence-corrected chi connectivity index (χ4v) is 3.38. The fraction of sp³-hybridized carbons (Fsp3) is 0.167. The lowest BCUT2D eigenvalue weighted by Gasteiger charge is -2.13. The van der Waals surface area contributed by atoms with E-state index in [0.29, 0.717) is 22.6 Å². The summed E-state index contributed by atoms with van der Waals surface area (Å²) in [5.41, 5.74) is 2.23.